The number of rotatable bonds is 6. The lowest BCUT2D eigenvalue weighted by Crippen LogP contribution is -2.25. The van der Waals surface area contributed by atoms with Crippen molar-refractivity contribution in [3.8, 4) is 0 Å². The summed E-state index contributed by atoms with van der Waals surface area (Å²) in [6.45, 7) is 7.96. The molecule has 2 aromatic heterocycles. The second kappa shape index (κ2) is 6.81. The number of aryl methyl sites for hydroxylation is 1. The Morgan fingerprint density at radius 2 is 2.20 bits per heavy atom. The molecule has 0 fully saturated rings. The highest BCUT2D eigenvalue weighted by molar-refractivity contribution is 7.09. The van der Waals surface area contributed by atoms with E-state index in [1.165, 1.54) is 5.56 Å². The lowest BCUT2D eigenvalue weighted by atomic mass is 10.2. The third-order valence-electron chi connectivity index (χ3n) is 3.00. The fourth-order valence-corrected chi connectivity index (χ4v) is 2.63. The minimum Gasteiger partial charge on any atom is -0.353 e. The van der Waals surface area contributed by atoms with Crippen LogP contribution in [-0.4, -0.2) is 23.1 Å². The molecule has 0 aliphatic rings. The fourth-order valence-electron chi connectivity index (χ4n) is 2.02. The number of pyridine rings is 1. The molecule has 0 spiro atoms. The largest absolute Gasteiger partial charge is 0.353 e. The van der Waals surface area contributed by atoms with Gasteiger partial charge in [0, 0.05) is 36.8 Å². The van der Waals surface area contributed by atoms with E-state index in [0.717, 1.165) is 29.6 Å². The first kappa shape index (κ1) is 14.9. The SMILES string of the molecule is Cc1nc(CN(C)c2ncccc2CNC(C)C)cs1. The van der Waals surface area contributed by atoms with Gasteiger partial charge in [-0.15, -0.1) is 11.3 Å². The van der Waals surface area contributed by atoms with Crippen LogP contribution in [0.15, 0.2) is 23.7 Å². The number of anilines is 1. The molecule has 4 nitrogen and oxygen atoms in total. The predicted molar refractivity (Wildman–Crippen MR) is 85.2 cm³/mol. The molecule has 0 aromatic carbocycles. The van der Waals surface area contributed by atoms with Crippen molar-refractivity contribution in [1.82, 2.24) is 15.3 Å². The normalized spacial score (nSPS) is 11.1. The summed E-state index contributed by atoms with van der Waals surface area (Å²) in [5, 5.41) is 6.66. The van der Waals surface area contributed by atoms with Crippen LogP contribution in [0, 0.1) is 6.92 Å². The van der Waals surface area contributed by atoms with Crippen LogP contribution in [0.5, 0.6) is 0 Å². The Bertz CT molecular complexity index is 550. The van der Waals surface area contributed by atoms with Gasteiger partial charge in [-0.1, -0.05) is 19.9 Å². The number of thiazole rings is 1. The molecule has 2 aromatic rings. The van der Waals surface area contributed by atoms with E-state index in [0.29, 0.717) is 6.04 Å². The molecule has 5 heteroatoms. The van der Waals surface area contributed by atoms with Crippen LogP contribution >= 0.6 is 11.3 Å². The van der Waals surface area contributed by atoms with Gasteiger partial charge in [0.05, 0.1) is 17.2 Å². The Morgan fingerprint density at radius 3 is 2.85 bits per heavy atom. The van der Waals surface area contributed by atoms with E-state index in [4.69, 9.17) is 0 Å². The van der Waals surface area contributed by atoms with Crippen LogP contribution in [0.25, 0.3) is 0 Å². The maximum atomic E-state index is 4.52. The van der Waals surface area contributed by atoms with E-state index >= 15 is 0 Å². The number of aromatic nitrogens is 2. The third-order valence-corrected chi connectivity index (χ3v) is 3.82. The maximum Gasteiger partial charge on any atom is 0.133 e. The van der Waals surface area contributed by atoms with Crippen molar-refractivity contribution in [2.24, 2.45) is 0 Å². The highest BCUT2D eigenvalue weighted by Gasteiger charge is 2.10. The highest BCUT2D eigenvalue weighted by atomic mass is 32.1. The van der Waals surface area contributed by atoms with Crippen molar-refractivity contribution in [1.29, 1.82) is 0 Å². The smallest absolute Gasteiger partial charge is 0.133 e. The first-order valence-electron chi connectivity index (χ1n) is 6.85. The Morgan fingerprint density at radius 1 is 1.40 bits per heavy atom. The molecular formula is C15H22N4S. The Hall–Kier alpha value is -1.46. The molecule has 0 saturated carbocycles. The number of nitrogens with one attached hydrogen (secondary N) is 1. The molecule has 0 aliphatic carbocycles. The summed E-state index contributed by atoms with van der Waals surface area (Å²) in [4.78, 5) is 11.2. The first-order chi connectivity index (χ1) is 9.56. The molecule has 0 aliphatic heterocycles. The van der Waals surface area contributed by atoms with Crippen molar-refractivity contribution in [2.45, 2.75) is 39.9 Å². The van der Waals surface area contributed by atoms with Gasteiger partial charge in [0.15, 0.2) is 0 Å². The molecule has 20 heavy (non-hydrogen) atoms. The molecule has 0 radical (unpaired) electrons. The molecule has 108 valence electrons. The van der Waals surface area contributed by atoms with Crippen molar-refractivity contribution >= 4 is 17.2 Å². The van der Waals surface area contributed by atoms with Crippen LogP contribution in [-0.2, 0) is 13.1 Å². The maximum absolute atomic E-state index is 4.52. The minimum atomic E-state index is 0.467. The van der Waals surface area contributed by atoms with Gasteiger partial charge in [0.1, 0.15) is 5.82 Å². The molecule has 2 rings (SSSR count). The quantitative estimate of drug-likeness (QED) is 0.888. The first-order valence-corrected chi connectivity index (χ1v) is 7.73. The van der Waals surface area contributed by atoms with Crippen LogP contribution in [0.4, 0.5) is 5.82 Å². The summed E-state index contributed by atoms with van der Waals surface area (Å²) in [5.74, 6) is 1.02. The zero-order valence-electron chi connectivity index (χ0n) is 12.6. The van der Waals surface area contributed by atoms with Gasteiger partial charge < -0.3 is 10.2 Å². The van der Waals surface area contributed by atoms with Gasteiger partial charge in [-0.05, 0) is 13.0 Å². The Labute approximate surface area is 124 Å². The zero-order valence-corrected chi connectivity index (χ0v) is 13.4. The van der Waals surface area contributed by atoms with Gasteiger partial charge in [-0.25, -0.2) is 9.97 Å². The highest BCUT2D eigenvalue weighted by Crippen LogP contribution is 2.19. The third kappa shape index (κ3) is 4.02. The molecular weight excluding hydrogens is 268 g/mol. The van der Waals surface area contributed by atoms with Gasteiger partial charge >= 0.3 is 0 Å². The Kier molecular flexibility index (Phi) is 5.09. The van der Waals surface area contributed by atoms with Gasteiger partial charge in [0.2, 0.25) is 0 Å². The molecule has 1 N–H and O–H groups in total. The van der Waals surface area contributed by atoms with Crippen molar-refractivity contribution in [3.05, 3.63) is 40.0 Å². The van der Waals surface area contributed by atoms with E-state index in [-0.39, 0.29) is 0 Å². The summed E-state index contributed by atoms with van der Waals surface area (Å²) in [6, 6.07) is 4.58. The molecule has 0 atom stereocenters. The van der Waals surface area contributed by atoms with Crippen LogP contribution in [0.3, 0.4) is 0 Å². The van der Waals surface area contributed by atoms with Gasteiger partial charge in [-0.3, -0.25) is 0 Å². The van der Waals surface area contributed by atoms with Crippen LogP contribution < -0.4 is 10.2 Å². The number of nitrogens with zero attached hydrogens (tertiary/aromatic N) is 3. The predicted octanol–water partition coefficient (Wildman–Crippen LogP) is 2.98. The van der Waals surface area contributed by atoms with Gasteiger partial charge in [0.25, 0.3) is 0 Å². The average Bonchev–Trinajstić information content (AvgIpc) is 2.82. The van der Waals surface area contributed by atoms with E-state index < -0.39 is 0 Å². The van der Waals surface area contributed by atoms with E-state index in [2.05, 4.69) is 52.5 Å². The summed E-state index contributed by atoms with van der Waals surface area (Å²) < 4.78 is 0. The summed E-state index contributed by atoms with van der Waals surface area (Å²) in [7, 11) is 2.07. The molecule has 0 amide bonds. The Balaban J connectivity index is 2.10. The average molecular weight is 290 g/mol. The van der Waals surface area contributed by atoms with E-state index in [1.54, 1.807) is 11.3 Å². The molecule has 0 saturated heterocycles. The van der Waals surface area contributed by atoms with E-state index in [9.17, 15) is 0 Å². The van der Waals surface area contributed by atoms with E-state index in [1.807, 2.05) is 19.2 Å². The molecule has 2 heterocycles. The fraction of sp³-hybridized carbons (Fsp3) is 0.467. The molecule has 0 unspecified atom stereocenters. The lowest BCUT2D eigenvalue weighted by molar-refractivity contribution is 0.587. The molecule has 0 bridgehead atoms. The second-order valence-electron chi connectivity index (χ2n) is 5.24. The lowest BCUT2D eigenvalue weighted by Gasteiger charge is -2.21. The summed E-state index contributed by atoms with van der Waals surface area (Å²) in [5.41, 5.74) is 2.32. The number of hydrogen-bond acceptors (Lipinski definition) is 5. The minimum absolute atomic E-state index is 0.467. The van der Waals surface area contributed by atoms with Crippen molar-refractivity contribution in [3.63, 3.8) is 0 Å². The topological polar surface area (TPSA) is 41.1 Å². The van der Waals surface area contributed by atoms with Crippen molar-refractivity contribution < 1.29 is 0 Å². The summed E-state index contributed by atoms with van der Waals surface area (Å²) in [6.07, 6.45) is 1.84. The monoisotopic (exact) mass is 290 g/mol. The van der Waals surface area contributed by atoms with Crippen LogP contribution in [0.1, 0.15) is 30.1 Å². The standard InChI is InChI=1S/C15H22N4S/c1-11(2)17-8-13-6-5-7-16-15(13)19(4)9-14-10-20-12(3)18-14/h5-7,10-11,17H,8-9H2,1-4H3. The van der Waals surface area contributed by atoms with Crippen molar-refractivity contribution in [2.75, 3.05) is 11.9 Å². The van der Waals surface area contributed by atoms with Crippen LogP contribution in [0.2, 0.25) is 0 Å². The zero-order chi connectivity index (χ0) is 14.5. The summed E-state index contributed by atoms with van der Waals surface area (Å²) >= 11 is 1.69. The van der Waals surface area contributed by atoms with Gasteiger partial charge in [-0.2, -0.15) is 0 Å². The second-order valence-corrected chi connectivity index (χ2v) is 6.30. The number of hydrogen-bond donors (Lipinski definition) is 1.